The fourth-order valence-corrected chi connectivity index (χ4v) is 4.27. The van der Waals surface area contributed by atoms with Crippen LogP contribution in [0.5, 0.6) is 0 Å². The van der Waals surface area contributed by atoms with Crippen LogP contribution in [-0.2, 0) is 10.0 Å². The number of aromatic carboxylic acids is 1. The third kappa shape index (κ3) is 3.80. The lowest BCUT2D eigenvalue weighted by Crippen LogP contribution is -2.14. The Morgan fingerprint density at radius 2 is 1.90 bits per heavy atom. The van der Waals surface area contributed by atoms with Crippen LogP contribution in [0.4, 0.5) is 5.69 Å². The number of aromatic nitrogens is 1. The van der Waals surface area contributed by atoms with Gasteiger partial charge in [0.25, 0.3) is 10.0 Å². The zero-order chi connectivity index (χ0) is 15.6. The number of hydrogen-bond acceptors (Lipinski definition) is 4. The van der Waals surface area contributed by atoms with E-state index in [1.807, 2.05) is 0 Å². The molecule has 2 aromatic rings. The van der Waals surface area contributed by atoms with Gasteiger partial charge < -0.3 is 5.11 Å². The molecule has 1 heterocycles. The third-order valence-corrected chi connectivity index (χ3v) is 5.27. The summed E-state index contributed by atoms with van der Waals surface area (Å²) in [6.45, 7) is 0. The Hall–Kier alpha value is -1.45. The smallest absolute Gasteiger partial charge is 0.354 e. The molecule has 1 aromatic carbocycles. The highest BCUT2D eigenvalue weighted by Crippen LogP contribution is 2.27. The van der Waals surface area contributed by atoms with Gasteiger partial charge in [0, 0.05) is 8.95 Å². The molecule has 0 aliphatic rings. The van der Waals surface area contributed by atoms with Crippen LogP contribution in [0.2, 0.25) is 0 Å². The lowest BCUT2D eigenvalue weighted by molar-refractivity contribution is 0.0690. The van der Waals surface area contributed by atoms with E-state index in [1.165, 1.54) is 18.2 Å². The molecule has 1 aromatic heterocycles. The Bertz CT molecular complexity index is 791. The van der Waals surface area contributed by atoms with Gasteiger partial charge in [0.15, 0.2) is 0 Å². The number of benzene rings is 1. The first-order chi connectivity index (χ1) is 9.79. The van der Waals surface area contributed by atoms with Gasteiger partial charge in [0.1, 0.15) is 10.6 Å². The molecule has 0 saturated carbocycles. The van der Waals surface area contributed by atoms with Crippen molar-refractivity contribution in [3.05, 3.63) is 51.2 Å². The topological polar surface area (TPSA) is 96.4 Å². The summed E-state index contributed by atoms with van der Waals surface area (Å²) < 4.78 is 28.0. The number of nitrogens with one attached hydrogen (secondary N) is 1. The molecule has 6 nitrogen and oxygen atoms in total. The molecule has 2 N–H and O–H groups in total. The van der Waals surface area contributed by atoms with Gasteiger partial charge in [-0.2, -0.15) is 0 Å². The molecule has 21 heavy (non-hydrogen) atoms. The number of nitrogens with zero attached hydrogens (tertiary/aromatic N) is 1. The Morgan fingerprint density at radius 3 is 2.43 bits per heavy atom. The van der Waals surface area contributed by atoms with Gasteiger partial charge >= 0.3 is 5.97 Å². The van der Waals surface area contributed by atoms with E-state index in [1.54, 1.807) is 12.1 Å². The van der Waals surface area contributed by atoms with Crippen molar-refractivity contribution < 1.29 is 18.3 Å². The van der Waals surface area contributed by atoms with E-state index in [9.17, 15) is 13.2 Å². The van der Waals surface area contributed by atoms with E-state index >= 15 is 0 Å². The van der Waals surface area contributed by atoms with E-state index in [0.29, 0.717) is 4.47 Å². The van der Waals surface area contributed by atoms with Gasteiger partial charge in [-0.05, 0) is 46.3 Å². The fraction of sp³-hybridized carbons (Fsp3) is 0. The minimum absolute atomic E-state index is 0.0630. The number of carboxylic acids is 1. The summed E-state index contributed by atoms with van der Waals surface area (Å²) in [5.41, 5.74) is 0.0117. The molecule has 0 amide bonds. The van der Waals surface area contributed by atoms with Crippen LogP contribution >= 0.6 is 31.9 Å². The molecule has 0 bridgehead atoms. The lowest BCUT2D eigenvalue weighted by Gasteiger charge is -2.09. The Balaban J connectivity index is 2.30. The van der Waals surface area contributed by atoms with Gasteiger partial charge in [0.05, 0.1) is 11.9 Å². The van der Waals surface area contributed by atoms with Crippen LogP contribution in [0.3, 0.4) is 0 Å². The molecule has 110 valence electrons. The Kier molecular flexibility index (Phi) is 4.64. The van der Waals surface area contributed by atoms with E-state index in [-0.39, 0.29) is 16.3 Å². The average Bonchev–Trinajstić information content (AvgIpc) is 2.38. The van der Waals surface area contributed by atoms with Crippen molar-refractivity contribution in [2.24, 2.45) is 0 Å². The number of anilines is 1. The van der Waals surface area contributed by atoms with E-state index < -0.39 is 16.0 Å². The van der Waals surface area contributed by atoms with Gasteiger partial charge in [-0.15, -0.1) is 0 Å². The number of rotatable bonds is 4. The minimum atomic E-state index is -3.80. The van der Waals surface area contributed by atoms with Crippen LogP contribution in [-0.4, -0.2) is 24.5 Å². The monoisotopic (exact) mass is 434 g/mol. The minimum Gasteiger partial charge on any atom is -0.477 e. The van der Waals surface area contributed by atoms with E-state index in [4.69, 9.17) is 5.11 Å². The van der Waals surface area contributed by atoms with Crippen molar-refractivity contribution in [1.29, 1.82) is 0 Å². The molecule has 0 aliphatic heterocycles. The first kappa shape index (κ1) is 15.9. The fourth-order valence-electron chi connectivity index (χ4n) is 1.48. The third-order valence-electron chi connectivity index (χ3n) is 2.42. The molecule has 2 rings (SSSR count). The number of carboxylic acid groups (broad SMARTS) is 1. The predicted molar refractivity (Wildman–Crippen MR) is 83.8 cm³/mol. The van der Waals surface area contributed by atoms with Crippen molar-refractivity contribution in [1.82, 2.24) is 4.98 Å². The Labute approximate surface area is 137 Å². The first-order valence-corrected chi connectivity index (χ1v) is 8.54. The summed E-state index contributed by atoms with van der Waals surface area (Å²) in [6.07, 6.45) is 1.15. The van der Waals surface area contributed by atoms with Gasteiger partial charge in [0.2, 0.25) is 0 Å². The van der Waals surface area contributed by atoms with Crippen molar-refractivity contribution in [2.45, 2.75) is 4.90 Å². The zero-order valence-electron chi connectivity index (χ0n) is 10.2. The molecule has 0 atom stereocenters. The van der Waals surface area contributed by atoms with Gasteiger partial charge in [-0.1, -0.05) is 15.9 Å². The number of sulfonamides is 1. The molecule has 0 spiro atoms. The highest BCUT2D eigenvalue weighted by molar-refractivity contribution is 9.11. The Morgan fingerprint density at radius 1 is 1.19 bits per heavy atom. The maximum Gasteiger partial charge on any atom is 0.354 e. The summed E-state index contributed by atoms with van der Waals surface area (Å²) in [5, 5.41) is 8.74. The average molecular weight is 436 g/mol. The van der Waals surface area contributed by atoms with Crippen LogP contribution in [0.25, 0.3) is 0 Å². The standard InChI is InChI=1S/C12H8Br2N2O4S/c13-7-1-4-11(9(14)5-7)21(19,20)16-8-2-3-10(12(17)18)15-6-8/h1-6,16H,(H,17,18). The zero-order valence-corrected chi connectivity index (χ0v) is 14.2. The highest BCUT2D eigenvalue weighted by atomic mass is 79.9. The first-order valence-electron chi connectivity index (χ1n) is 5.47. The number of hydrogen-bond donors (Lipinski definition) is 2. The second-order valence-electron chi connectivity index (χ2n) is 3.92. The van der Waals surface area contributed by atoms with Crippen molar-refractivity contribution in [3.8, 4) is 0 Å². The second-order valence-corrected chi connectivity index (χ2v) is 7.34. The van der Waals surface area contributed by atoms with E-state index in [2.05, 4.69) is 41.6 Å². The number of pyridine rings is 1. The lowest BCUT2D eigenvalue weighted by atomic mass is 10.3. The number of halogens is 2. The summed E-state index contributed by atoms with van der Waals surface area (Å²) in [5.74, 6) is -1.18. The summed E-state index contributed by atoms with van der Waals surface area (Å²) in [7, 11) is -3.80. The van der Waals surface area contributed by atoms with Crippen molar-refractivity contribution in [2.75, 3.05) is 4.72 Å². The quantitative estimate of drug-likeness (QED) is 0.768. The highest BCUT2D eigenvalue weighted by Gasteiger charge is 2.18. The van der Waals surface area contributed by atoms with Gasteiger partial charge in [-0.3, -0.25) is 4.72 Å². The normalized spacial score (nSPS) is 11.1. The summed E-state index contributed by atoms with van der Waals surface area (Å²) in [6, 6.07) is 7.21. The summed E-state index contributed by atoms with van der Waals surface area (Å²) in [4.78, 5) is 14.4. The van der Waals surface area contributed by atoms with Crippen LogP contribution < -0.4 is 4.72 Å². The van der Waals surface area contributed by atoms with Crippen molar-refractivity contribution >= 4 is 53.5 Å². The van der Waals surface area contributed by atoms with Crippen LogP contribution in [0, 0.1) is 0 Å². The molecule has 9 heteroatoms. The molecular weight excluding hydrogens is 428 g/mol. The maximum atomic E-state index is 12.3. The molecule has 0 saturated heterocycles. The SMILES string of the molecule is O=C(O)c1ccc(NS(=O)(=O)c2ccc(Br)cc2Br)cn1. The molecule has 0 radical (unpaired) electrons. The predicted octanol–water partition coefficient (Wildman–Crippen LogP) is 3.11. The maximum absolute atomic E-state index is 12.3. The van der Waals surface area contributed by atoms with E-state index in [0.717, 1.165) is 10.7 Å². The van der Waals surface area contributed by atoms with Crippen LogP contribution in [0.15, 0.2) is 50.4 Å². The van der Waals surface area contributed by atoms with Gasteiger partial charge in [-0.25, -0.2) is 18.2 Å². The largest absolute Gasteiger partial charge is 0.477 e. The van der Waals surface area contributed by atoms with Crippen molar-refractivity contribution in [3.63, 3.8) is 0 Å². The van der Waals surface area contributed by atoms with Crippen LogP contribution in [0.1, 0.15) is 10.5 Å². The molecular formula is C12H8Br2N2O4S. The summed E-state index contributed by atoms with van der Waals surface area (Å²) >= 11 is 6.42. The molecule has 0 fully saturated rings. The molecule has 0 aliphatic carbocycles. The molecule has 0 unspecified atom stereocenters. The second kappa shape index (κ2) is 6.12. The number of carbonyl (C=O) groups is 1.